The summed E-state index contributed by atoms with van der Waals surface area (Å²) < 4.78 is 5.59. The van der Waals surface area contributed by atoms with Gasteiger partial charge in [0.1, 0.15) is 5.76 Å². The second kappa shape index (κ2) is 7.27. The molecule has 1 aromatic carbocycles. The van der Waals surface area contributed by atoms with Crippen molar-refractivity contribution >= 4 is 34.5 Å². The van der Waals surface area contributed by atoms with Crippen LogP contribution in [0, 0.1) is 17.0 Å². The van der Waals surface area contributed by atoms with Crippen LogP contribution >= 0.6 is 22.9 Å². The van der Waals surface area contributed by atoms with Crippen LogP contribution in [0.25, 0.3) is 10.8 Å². The van der Waals surface area contributed by atoms with Gasteiger partial charge in [0, 0.05) is 30.7 Å². The second-order valence-corrected chi connectivity index (χ2v) is 6.95. The van der Waals surface area contributed by atoms with E-state index in [1.807, 2.05) is 17.5 Å². The lowest BCUT2D eigenvalue weighted by atomic mass is 10.2. The van der Waals surface area contributed by atoms with Crippen LogP contribution in [-0.2, 0) is 6.54 Å². The largest absolute Gasteiger partial charge is 0.440 e. The Morgan fingerprint density at radius 3 is 2.85 bits per heavy atom. The van der Waals surface area contributed by atoms with Crippen molar-refractivity contribution in [2.45, 2.75) is 13.5 Å². The number of carbonyl (C=O) groups excluding carboxylic acids is 1. The third kappa shape index (κ3) is 3.61. The lowest BCUT2D eigenvalue weighted by Gasteiger charge is -2.17. The summed E-state index contributed by atoms with van der Waals surface area (Å²) >= 11 is 7.57. The van der Waals surface area contributed by atoms with Crippen molar-refractivity contribution in [2.75, 3.05) is 7.05 Å². The second-order valence-electron chi connectivity index (χ2n) is 5.60. The van der Waals surface area contributed by atoms with Gasteiger partial charge in [-0.1, -0.05) is 17.7 Å². The number of hydrogen-bond acceptors (Lipinski definition) is 6. The van der Waals surface area contributed by atoms with Crippen molar-refractivity contribution < 1.29 is 14.1 Å². The molecule has 3 aromatic rings. The standard InChI is InChI=1S/C17H14ClN3O4S/c1-10-15(19-16(25-10)14-4-3-7-26-14)17(22)20(2)9-11-8-12(21(23)24)5-6-13(11)18/h3-8H,9H2,1-2H3. The Hall–Kier alpha value is -2.71. The van der Waals surface area contributed by atoms with Crippen molar-refractivity contribution in [1.82, 2.24) is 9.88 Å². The molecular formula is C17H14ClN3O4S. The first-order chi connectivity index (χ1) is 12.4. The minimum atomic E-state index is -0.503. The van der Waals surface area contributed by atoms with E-state index in [2.05, 4.69) is 4.98 Å². The number of thiophene rings is 1. The van der Waals surface area contributed by atoms with E-state index in [4.69, 9.17) is 16.0 Å². The molecule has 0 bridgehead atoms. The molecule has 0 aliphatic heterocycles. The molecule has 0 fully saturated rings. The average molecular weight is 392 g/mol. The number of hydrogen-bond donors (Lipinski definition) is 0. The minimum absolute atomic E-state index is 0.0807. The number of benzene rings is 1. The van der Waals surface area contributed by atoms with Gasteiger partial charge in [-0.3, -0.25) is 14.9 Å². The first kappa shape index (κ1) is 18.1. The van der Waals surface area contributed by atoms with Crippen LogP contribution in [0.5, 0.6) is 0 Å². The lowest BCUT2D eigenvalue weighted by molar-refractivity contribution is -0.384. The monoisotopic (exact) mass is 391 g/mol. The van der Waals surface area contributed by atoms with E-state index in [9.17, 15) is 14.9 Å². The van der Waals surface area contributed by atoms with Gasteiger partial charge in [0.15, 0.2) is 5.69 Å². The number of non-ortho nitro benzene ring substituents is 1. The molecule has 0 aliphatic rings. The van der Waals surface area contributed by atoms with Crippen molar-refractivity contribution in [3.63, 3.8) is 0 Å². The number of amides is 1. The summed E-state index contributed by atoms with van der Waals surface area (Å²) in [4.78, 5) is 29.7. The smallest absolute Gasteiger partial charge is 0.276 e. The van der Waals surface area contributed by atoms with Crippen molar-refractivity contribution in [3.8, 4) is 10.8 Å². The molecule has 0 spiro atoms. The number of halogens is 1. The predicted molar refractivity (Wildman–Crippen MR) is 98.5 cm³/mol. The Labute approximate surface area is 158 Å². The van der Waals surface area contributed by atoms with Crippen molar-refractivity contribution in [2.24, 2.45) is 0 Å². The molecule has 0 N–H and O–H groups in total. The Kier molecular flexibility index (Phi) is 5.06. The highest BCUT2D eigenvalue weighted by Crippen LogP contribution is 2.27. The molecule has 7 nitrogen and oxygen atoms in total. The van der Waals surface area contributed by atoms with E-state index < -0.39 is 4.92 Å². The van der Waals surface area contributed by atoms with Crippen molar-refractivity contribution in [3.05, 3.63) is 67.9 Å². The molecule has 0 saturated carbocycles. The third-order valence-electron chi connectivity index (χ3n) is 3.73. The van der Waals surface area contributed by atoms with Crippen LogP contribution in [0.1, 0.15) is 21.8 Å². The van der Waals surface area contributed by atoms with Crippen LogP contribution in [-0.4, -0.2) is 27.8 Å². The van der Waals surface area contributed by atoms with Gasteiger partial charge in [0.05, 0.1) is 9.80 Å². The van der Waals surface area contributed by atoms with Crippen LogP contribution in [0.15, 0.2) is 40.1 Å². The van der Waals surface area contributed by atoms with E-state index in [0.717, 1.165) is 4.88 Å². The molecule has 134 valence electrons. The number of aromatic nitrogens is 1. The quantitative estimate of drug-likeness (QED) is 0.470. The Balaban J connectivity index is 1.83. The van der Waals surface area contributed by atoms with Gasteiger partial charge >= 0.3 is 0 Å². The van der Waals surface area contributed by atoms with Gasteiger partial charge in [0.25, 0.3) is 11.6 Å². The summed E-state index contributed by atoms with van der Waals surface area (Å²) in [6.45, 7) is 1.78. The number of carbonyl (C=O) groups is 1. The topological polar surface area (TPSA) is 89.5 Å². The summed E-state index contributed by atoms with van der Waals surface area (Å²) in [5, 5.41) is 13.2. The van der Waals surface area contributed by atoms with Crippen LogP contribution in [0.4, 0.5) is 5.69 Å². The highest BCUT2D eigenvalue weighted by atomic mass is 35.5. The van der Waals surface area contributed by atoms with Gasteiger partial charge in [-0.15, -0.1) is 11.3 Å². The van der Waals surface area contributed by atoms with E-state index in [-0.39, 0.29) is 23.8 Å². The highest BCUT2D eigenvalue weighted by molar-refractivity contribution is 7.13. The Bertz CT molecular complexity index is 969. The SMILES string of the molecule is Cc1oc(-c2cccs2)nc1C(=O)N(C)Cc1cc([N+](=O)[O-])ccc1Cl. The summed E-state index contributed by atoms with van der Waals surface area (Å²) in [7, 11) is 1.58. The minimum Gasteiger partial charge on any atom is -0.440 e. The lowest BCUT2D eigenvalue weighted by Crippen LogP contribution is -2.27. The maximum atomic E-state index is 12.7. The Morgan fingerprint density at radius 2 is 2.19 bits per heavy atom. The zero-order valence-corrected chi connectivity index (χ0v) is 15.5. The Morgan fingerprint density at radius 1 is 1.42 bits per heavy atom. The number of nitrogens with zero attached hydrogens (tertiary/aromatic N) is 3. The molecule has 1 amide bonds. The molecule has 2 aromatic heterocycles. The van der Waals surface area contributed by atoms with E-state index in [1.165, 1.54) is 34.4 Å². The van der Waals surface area contributed by atoms with E-state index >= 15 is 0 Å². The molecule has 3 rings (SSSR count). The maximum Gasteiger partial charge on any atom is 0.276 e. The summed E-state index contributed by atoms with van der Waals surface area (Å²) in [6.07, 6.45) is 0. The molecular weight excluding hydrogens is 378 g/mol. The molecule has 0 radical (unpaired) electrons. The number of nitro groups is 1. The summed E-state index contributed by atoms with van der Waals surface area (Å²) in [6, 6.07) is 7.86. The van der Waals surface area contributed by atoms with Crippen molar-refractivity contribution in [1.29, 1.82) is 0 Å². The van der Waals surface area contributed by atoms with E-state index in [1.54, 1.807) is 14.0 Å². The number of nitro benzene ring substituents is 1. The predicted octanol–water partition coefficient (Wildman–Crippen LogP) is 4.55. The fourth-order valence-corrected chi connectivity index (χ4v) is 3.23. The van der Waals surface area contributed by atoms with Crippen LogP contribution < -0.4 is 0 Å². The summed E-state index contributed by atoms with van der Waals surface area (Å²) in [5.74, 6) is 0.453. The number of rotatable bonds is 5. The highest BCUT2D eigenvalue weighted by Gasteiger charge is 2.23. The molecule has 0 atom stereocenters. The first-order valence-electron chi connectivity index (χ1n) is 7.56. The molecule has 9 heteroatoms. The number of aryl methyl sites for hydroxylation is 1. The van der Waals surface area contributed by atoms with Crippen LogP contribution in [0.3, 0.4) is 0 Å². The van der Waals surface area contributed by atoms with Gasteiger partial charge < -0.3 is 9.32 Å². The third-order valence-corrected chi connectivity index (χ3v) is 4.95. The molecule has 0 unspecified atom stereocenters. The van der Waals surface area contributed by atoms with Gasteiger partial charge in [-0.05, 0) is 30.0 Å². The zero-order chi connectivity index (χ0) is 18.8. The van der Waals surface area contributed by atoms with Crippen LogP contribution in [0.2, 0.25) is 5.02 Å². The average Bonchev–Trinajstić information content (AvgIpc) is 3.25. The van der Waals surface area contributed by atoms with Gasteiger partial charge in [-0.2, -0.15) is 0 Å². The van der Waals surface area contributed by atoms with E-state index in [0.29, 0.717) is 22.2 Å². The fraction of sp³-hybridized carbons (Fsp3) is 0.176. The molecule has 2 heterocycles. The van der Waals surface area contributed by atoms with Gasteiger partial charge in [-0.25, -0.2) is 4.98 Å². The molecule has 0 aliphatic carbocycles. The molecule has 0 saturated heterocycles. The zero-order valence-electron chi connectivity index (χ0n) is 13.9. The fourth-order valence-electron chi connectivity index (χ4n) is 2.40. The van der Waals surface area contributed by atoms with Gasteiger partial charge in [0.2, 0.25) is 5.89 Å². The first-order valence-corrected chi connectivity index (χ1v) is 8.82. The maximum absolute atomic E-state index is 12.7. The molecule has 26 heavy (non-hydrogen) atoms. The summed E-state index contributed by atoms with van der Waals surface area (Å²) in [5.41, 5.74) is 0.608. The number of oxazole rings is 1. The normalized spacial score (nSPS) is 10.7.